The minimum absolute atomic E-state index is 0.0338. The van der Waals surface area contributed by atoms with Crippen molar-refractivity contribution in [2.45, 2.75) is 46.4 Å². The van der Waals surface area contributed by atoms with Gasteiger partial charge < -0.3 is 9.47 Å². The SMILES string of the molecule is CCOc1ccc(OC(C)C(=O)NNC(=O)CCn2c(=O)n(CC)c3ccccc32)cc1. The fraction of sp³-hybridized carbons (Fsp3) is 0.348. The Labute approximate surface area is 185 Å². The third-order valence-electron chi connectivity index (χ3n) is 4.95. The number of carbonyl (C=O) groups is 2. The molecule has 9 heteroatoms. The zero-order valence-electron chi connectivity index (χ0n) is 18.5. The number of fused-ring (bicyclic) bond motifs is 1. The number of benzene rings is 2. The van der Waals surface area contributed by atoms with Gasteiger partial charge in [0.2, 0.25) is 5.91 Å². The van der Waals surface area contributed by atoms with Crippen LogP contribution in [-0.2, 0) is 22.7 Å². The van der Waals surface area contributed by atoms with Crippen LogP contribution in [0.25, 0.3) is 11.0 Å². The van der Waals surface area contributed by atoms with E-state index in [1.165, 1.54) is 0 Å². The normalized spacial score (nSPS) is 11.7. The molecule has 3 rings (SSSR count). The molecule has 9 nitrogen and oxygen atoms in total. The first kappa shape index (κ1) is 22.9. The Morgan fingerprint density at radius 2 is 1.56 bits per heavy atom. The van der Waals surface area contributed by atoms with Crippen LogP contribution in [0.1, 0.15) is 27.2 Å². The van der Waals surface area contributed by atoms with E-state index in [9.17, 15) is 14.4 Å². The average molecular weight is 441 g/mol. The maximum atomic E-state index is 12.6. The second kappa shape index (κ2) is 10.5. The van der Waals surface area contributed by atoms with Crippen LogP contribution in [-0.4, -0.2) is 33.7 Å². The van der Waals surface area contributed by atoms with Gasteiger partial charge in [-0.25, -0.2) is 4.79 Å². The predicted molar refractivity (Wildman–Crippen MR) is 120 cm³/mol. The summed E-state index contributed by atoms with van der Waals surface area (Å²) in [5.41, 5.74) is 6.17. The number of hydrogen-bond donors (Lipinski definition) is 2. The van der Waals surface area contributed by atoms with Crippen LogP contribution in [0, 0.1) is 0 Å². The van der Waals surface area contributed by atoms with Crippen molar-refractivity contribution in [3.8, 4) is 11.5 Å². The van der Waals surface area contributed by atoms with E-state index >= 15 is 0 Å². The first-order valence-corrected chi connectivity index (χ1v) is 10.6. The van der Waals surface area contributed by atoms with E-state index in [4.69, 9.17) is 9.47 Å². The summed E-state index contributed by atoms with van der Waals surface area (Å²) in [4.78, 5) is 37.1. The minimum Gasteiger partial charge on any atom is -0.494 e. The fourth-order valence-electron chi connectivity index (χ4n) is 3.34. The van der Waals surface area contributed by atoms with Gasteiger partial charge in [0.05, 0.1) is 17.6 Å². The van der Waals surface area contributed by atoms with Gasteiger partial charge in [-0.3, -0.25) is 29.6 Å². The highest BCUT2D eigenvalue weighted by Gasteiger charge is 2.16. The quantitative estimate of drug-likeness (QED) is 0.497. The third kappa shape index (κ3) is 5.29. The molecule has 3 aromatic rings. The van der Waals surface area contributed by atoms with Gasteiger partial charge in [0.25, 0.3) is 5.91 Å². The van der Waals surface area contributed by atoms with E-state index in [0.717, 1.165) is 11.0 Å². The highest BCUT2D eigenvalue weighted by Crippen LogP contribution is 2.18. The highest BCUT2D eigenvalue weighted by molar-refractivity contribution is 5.84. The lowest BCUT2D eigenvalue weighted by atomic mass is 10.3. The maximum absolute atomic E-state index is 12.6. The molecule has 2 N–H and O–H groups in total. The molecule has 0 aliphatic heterocycles. The van der Waals surface area contributed by atoms with E-state index in [2.05, 4.69) is 10.9 Å². The van der Waals surface area contributed by atoms with Crippen molar-refractivity contribution in [1.29, 1.82) is 0 Å². The molecule has 1 atom stereocenters. The van der Waals surface area contributed by atoms with Crippen molar-refractivity contribution in [3.05, 3.63) is 59.0 Å². The Morgan fingerprint density at radius 1 is 0.938 bits per heavy atom. The number of ether oxygens (including phenoxy) is 2. The molecule has 0 saturated heterocycles. The lowest BCUT2D eigenvalue weighted by Crippen LogP contribution is -2.47. The van der Waals surface area contributed by atoms with E-state index in [1.54, 1.807) is 40.3 Å². The van der Waals surface area contributed by atoms with Gasteiger partial charge in [0.1, 0.15) is 11.5 Å². The number of hydrazine groups is 1. The maximum Gasteiger partial charge on any atom is 0.329 e. The smallest absolute Gasteiger partial charge is 0.329 e. The number of amides is 2. The monoisotopic (exact) mass is 440 g/mol. The van der Waals surface area contributed by atoms with Crippen molar-refractivity contribution < 1.29 is 19.1 Å². The summed E-state index contributed by atoms with van der Waals surface area (Å²) >= 11 is 0. The van der Waals surface area contributed by atoms with Gasteiger partial charge in [0, 0.05) is 19.5 Å². The lowest BCUT2D eigenvalue weighted by molar-refractivity contribution is -0.132. The van der Waals surface area contributed by atoms with Crippen molar-refractivity contribution >= 4 is 22.8 Å². The van der Waals surface area contributed by atoms with E-state index < -0.39 is 17.9 Å². The third-order valence-corrected chi connectivity index (χ3v) is 4.95. The summed E-state index contributed by atoms with van der Waals surface area (Å²) in [5, 5.41) is 0. The van der Waals surface area contributed by atoms with Crippen LogP contribution in [0.15, 0.2) is 53.3 Å². The molecule has 2 amide bonds. The van der Waals surface area contributed by atoms with Crippen LogP contribution in [0.4, 0.5) is 0 Å². The van der Waals surface area contributed by atoms with E-state index in [1.807, 2.05) is 38.1 Å². The number of nitrogens with zero attached hydrogens (tertiary/aromatic N) is 2. The summed E-state index contributed by atoms with van der Waals surface area (Å²) in [7, 11) is 0. The molecule has 32 heavy (non-hydrogen) atoms. The molecule has 0 fully saturated rings. The summed E-state index contributed by atoms with van der Waals surface area (Å²) in [6.45, 7) is 6.68. The number of nitrogens with one attached hydrogen (secondary N) is 2. The van der Waals surface area contributed by atoms with Crippen LogP contribution >= 0.6 is 0 Å². The predicted octanol–water partition coefficient (Wildman–Crippen LogP) is 2.23. The molecule has 2 aromatic carbocycles. The molecule has 0 aliphatic rings. The molecule has 1 heterocycles. The number of imidazole rings is 1. The number of para-hydroxylation sites is 2. The molecular weight excluding hydrogens is 412 g/mol. The summed E-state index contributed by atoms with van der Waals surface area (Å²) in [5.74, 6) is 0.318. The highest BCUT2D eigenvalue weighted by atomic mass is 16.5. The Kier molecular flexibility index (Phi) is 7.54. The Balaban J connectivity index is 1.50. The summed E-state index contributed by atoms with van der Waals surface area (Å²) in [6.07, 6.45) is -0.787. The van der Waals surface area contributed by atoms with Crippen LogP contribution in [0.2, 0.25) is 0 Å². The first-order valence-electron chi connectivity index (χ1n) is 10.6. The summed E-state index contributed by atoms with van der Waals surface area (Å²) in [6, 6.07) is 14.4. The first-order chi connectivity index (χ1) is 15.4. The number of rotatable bonds is 9. The lowest BCUT2D eigenvalue weighted by Gasteiger charge is -2.15. The number of carbonyl (C=O) groups excluding carboxylic acids is 2. The zero-order valence-corrected chi connectivity index (χ0v) is 18.5. The van der Waals surface area contributed by atoms with Crippen molar-refractivity contribution in [3.63, 3.8) is 0 Å². The Morgan fingerprint density at radius 3 is 2.19 bits per heavy atom. The van der Waals surface area contributed by atoms with Gasteiger partial charge in [-0.2, -0.15) is 0 Å². The van der Waals surface area contributed by atoms with Gasteiger partial charge in [0.15, 0.2) is 6.10 Å². The van der Waals surface area contributed by atoms with Crippen molar-refractivity contribution in [2.75, 3.05) is 6.61 Å². The number of aryl methyl sites for hydroxylation is 2. The van der Waals surface area contributed by atoms with Crippen molar-refractivity contribution in [1.82, 2.24) is 20.0 Å². The molecule has 0 radical (unpaired) electrons. The molecule has 1 unspecified atom stereocenters. The standard InChI is InChI=1S/C23H28N4O5/c1-4-26-19-8-6-7-9-20(19)27(23(26)30)15-14-21(28)24-25-22(29)16(3)32-18-12-10-17(11-13-18)31-5-2/h6-13,16H,4-5,14-15H2,1-3H3,(H,24,28)(H,25,29). The van der Waals surface area contributed by atoms with E-state index in [0.29, 0.717) is 24.7 Å². The number of aromatic nitrogens is 2. The van der Waals surface area contributed by atoms with Gasteiger partial charge in [-0.15, -0.1) is 0 Å². The topological polar surface area (TPSA) is 104 Å². The molecule has 1 aromatic heterocycles. The average Bonchev–Trinajstić information content (AvgIpc) is 3.07. The minimum atomic E-state index is -0.821. The van der Waals surface area contributed by atoms with Gasteiger partial charge >= 0.3 is 5.69 Å². The molecule has 0 bridgehead atoms. The number of hydrogen-bond acceptors (Lipinski definition) is 5. The second-order valence-electron chi connectivity index (χ2n) is 7.12. The Bertz CT molecular complexity index is 1130. The molecule has 0 saturated carbocycles. The largest absolute Gasteiger partial charge is 0.494 e. The molecule has 170 valence electrons. The zero-order chi connectivity index (χ0) is 23.1. The fourth-order valence-corrected chi connectivity index (χ4v) is 3.34. The van der Waals surface area contributed by atoms with Crippen molar-refractivity contribution in [2.24, 2.45) is 0 Å². The van der Waals surface area contributed by atoms with Gasteiger partial charge in [-0.05, 0) is 57.2 Å². The molecule has 0 aliphatic carbocycles. The second-order valence-corrected chi connectivity index (χ2v) is 7.12. The van der Waals surface area contributed by atoms with Crippen LogP contribution in [0.5, 0.6) is 11.5 Å². The van der Waals surface area contributed by atoms with Crippen LogP contribution < -0.4 is 26.0 Å². The molecule has 0 spiro atoms. The Hall–Kier alpha value is -3.75. The van der Waals surface area contributed by atoms with E-state index in [-0.39, 0.29) is 18.7 Å². The molecular formula is C23H28N4O5. The van der Waals surface area contributed by atoms with Crippen LogP contribution in [0.3, 0.4) is 0 Å². The van der Waals surface area contributed by atoms with Gasteiger partial charge in [-0.1, -0.05) is 12.1 Å². The summed E-state index contributed by atoms with van der Waals surface area (Å²) < 4.78 is 14.2.